The van der Waals surface area contributed by atoms with Crippen molar-refractivity contribution in [2.24, 2.45) is 5.73 Å². The summed E-state index contributed by atoms with van der Waals surface area (Å²) in [4.78, 5) is 19.5. The average Bonchev–Trinajstić information content (AvgIpc) is 3.32. The summed E-state index contributed by atoms with van der Waals surface area (Å²) >= 11 is 0. The molecule has 8 heteroatoms. The summed E-state index contributed by atoms with van der Waals surface area (Å²) in [6, 6.07) is 4.94. The smallest absolute Gasteiger partial charge is 0.366 e. The molecular formula is C23H27F3N4O. The van der Waals surface area contributed by atoms with E-state index in [0.29, 0.717) is 36.1 Å². The minimum Gasteiger partial charge on any atom is -0.366 e. The van der Waals surface area contributed by atoms with E-state index in [9.17, 15) is 18.0 Å². The van der Waals surface area contributed by atoms with E-state index in [4.69, 9.17) is 5.73 Å². The van der Waals surface area contributed by atoms with E-state index in [1.807, 2.05) is 6.92 Å². The number of rotatable bonds is 9. The van der Waals surface area contributed by atoms with E-state index < -0.39 is 17.6 Å². The number of carbonyl (C=O) groups is 1. The van der Waals surface area contributed by atoms with Crippen LogP contribution < -0.4 is 5.73 Å². The van der Waals surface area contributed by atoms with Gasteiger partial charge in [0.05, 0.1) is 17.5 Å². The molecule has 2 heterocycles. The number of aryl methyl sites for hydroxylation is 1. The molecule has 0 aliphatic heterocycles. The van der Waals surface area contributed by atoms with Gasteiger partial charge in [0, 0.05) is 41.8 Å². The number of imidazole rings is 1. The number of alkyl halides is 3. The fourth-order valence-corrected chi connectivity index (χ4v) is 3.99. The highest BCUT2D eigenvalue weighted by Gasteiger charge is 2.31. The second-order valence-electron chi connectivity index (χ2n) is 7.66. The average molecular weight is 432 g/mol. The predicted molar refractivity (Wildman–Crippen MR) is 114 cm³/mol. The molecule has 1 aromatic carbocycles. The van der Waals surface area contributed by atoms with E-state index in [1.165, 1.54) is 12.1 Å². The first-order chi connectivity index (χ1) is 14.7. The molecule has 0 atom stereocenters. The van der Waals surface area contributed by atoms with Gasteiger partial charge in [-0.2, -0.15) is 13.2 Å². The van der Waals surface area contributed by atoms with Crippen LogP contribution in [0.1, 0.15) is 59.2 Å². The van der Waals surface area contributed by atoms with Gasteiger partial charge in [-0.05, 0) is 37.5 Å². The third-order valence-corrected chi connectivity index (χ3v) is 5.56. The summed E-state index contributed by atoms with van der Waals surface area (Å²) in [5.41, 5.74) is 9.21. The van der Waals surface area contributed by atoms with Crippen molar-refractivity contribution < 1.29 is 18.0 Å². The lowest BCUT2D eigenvalue weighted by Gasteiger charge is -2.14. The topological polar surface area (TPSA) is 76.7 Å². The van der Waals surface area contributed by atoms with Gasteiger partial charge < -0.3 is 15.3 Å². The van der Waals surface area contributed by atoms with Gasteiger partial charge in [0.25, 0.3) is 5.91 Å². The summed E-state index contributed by atoms with van der Waals surface area (Å²) < 4.78 is 41.2. The van der Waals surface area contributed by atoms with Crippen LogP contribution in [0.3, 0.4) is 0 Å². The number of aromatic nitrogens is 3. The number of H-pyrrole nitrogens is 1. The van der Waals surface area contributed by atoms with Gasteiger partial charge in [-0.3, -0.25) is 4.79 Å². The van der Waals surface area contributed by atoms with Crippen molar-refractivity contribution >= 4 is 5.91 Å². The molecule has 3 aromatic rings. The van der Waals surface area contributed by atoms with Crippen molar-refractivity contribution in [1.29, 1.82) is 0 Å². The molecule has 0 bridgehead atoms. The van der Waals surface area contributed by atoms with Crippen molar-refractivity contribution in [2.75, 3.05) is 0 Å². The number of unbranched alkanes of at least 4 members (excludes halogenated alkanes) is 2. The molecule has 0 spiro atoms. The minimum atomic E-state index is -4.42. The van der Waals surface area contributed by atoms with Crippen LogP contribution in [0.5, 0.6) is 0 Å². The van der Waals surface area contributed by atoms with Crippen LogP contribution in [-0.2, 0) is 25.6 Å². The lowest BCUT2D eigenvalue weighted by molar-refractivity contribution is -0.137. The summed E-state index contributed by atoms with van der Waals surface area (Å²) in [5.74, 6) is -0.579. The molecule has 0 aliphatic carbocycles. The maximum absolute atomic E-state index is 13.0. The molecule has 0 aliphatic rings. The molecule has 1 amide bonds. The summed E-state index contributed by atoms with van der Waals surface area (Å²) in [6.07, 6.45) is 3.30. The summed E-state index contributed by atoms with van der Waals surface area (Å²) in [6.45, 7) is 4.55. The zero-order valence-electron chi connectivity index (χ0n) is 17.7. The van der Waals surface area contributed by atoms with Crippen LogP contribution in [0.4, 0.5) is 13.2 Å². The number of nitrogens with zero attached hydrogens (tertiary/aromatic N) is 2. The molecule has 0 radical (unpaired) electrons. The van der Waals surface area contributed by atoms with Gasteiger partial charge in [0.2, 0.25) is 0 Å². The van der Waals surface area contributed by atoms with Crippen LogP contribution in [0.2, 0.25) is 0 Å². The second-order valence-corrected chi connectivity index (χ2v) is 7.66. The Morgan fingerprint density at radius 1 is 1.16 bits per heavy atom. The second kappa shape index (κ2) is 9.41. The van der Waals surface area contributed by atoms with Gasteiger partial charge in [-0.15, -0.1) is 0 Å². The number of nitrogens with one attached hydrogen (secondary N) is 1. The molecule has 166 valence electrons. The van der Waals surface area contributed by atoms with Crippen molar-refractivity contribution in [3.63, 3.8) is 0 Å². The number of carbonyl (C=O) groups excluding carboxylic acids is 1. The number of hydrogen-bond acceptors (Lipinski definition) is 2. The zero-order chi connectivity index (χ0) is 22.6. The Bertz CT molecular complexity index is 1020. The Kier molecular flexibility index (Phi) is 6.87. The van der Waals surface area contributed by atoms with Crippen molar-refractivity contribution in [3.8, 4) is 11.1 Å². The van der Waals surface area contributed by atoms with Crippen molar-refractivity contribution in [1.82, 2.24) is 14.5 Å². The Hall–Kier alpha value is -3.03. The van der Waals surface area contributed by atoms with Crippen LogP contribution in [0.15, 0.2) is 36.8 Å². The first-order valence-corrected chi connectivity index (χ1v) is 10.4. The molecule has 0 fully saturated rings. The Labute approximate surface area is 179 Å². The highest BCUT2D eigenvalue weighted by atomic mass is 19.4. The lowest BCUT2D eigenvalue weighted by Crippen LogP contribution is -2.14. The summed E-state index contributed by atoms with van der Waals surface area (Å²) in [7, 11) is 0. The molecule has 0 saturated carbocycles. The summed E-state index contributed by atoms with van der Waals surface area (Å²) in [5, 5.41) is 0. The Morgan fingerprint density at radius 2 is 1.87 bits per heavy atom. The van der Waals surface area contributed by atoms with Crippen LogP contribution in [-0.4, -0.2) is 20.4 Å². The number of halogens is 3. The van der Waals surface area contributed by atoms with Crippen LogP contribution in [0.25, 0.3) is 11.1 Å². The first-order valence-electron chi connectivity index (χ1n) is 10.4. The highest BCUT2D eigenvalue weighted by molar-refractivity contribution is 6.02. The Morgan fingerprint density at radius 3 is 2.42 bits per heavy atom. The third-order valence-electron chi connectivity index (χ3n) is 5.56. The lowest BCUT2D eigenvalue weighted by atomic mass is 9.96. The number of amides is 1. The number of primary amides is 1. The van der Waals surface area contributed by atoms with Gasteiger partial charge in [-0.25, -0.2) is 4.98 Å². The molecule has 2 aromatic heterocycles. The van der Waals surface area contributed by atoms with Gasteiger partial charge in [0.1, 0.15) is 0 Å². The number of nitrogens with two attached hydrogens (primary N) is 1. The van der Waals surface area contributed by atoms with Gasteiger partial charge in [-0.1, -0.05) is 31.9 Å². The molecular weight excluding hydrogens is 405 g/mol. The maximum Gasteiger partial charge on any atom is 0.416 e. The SMILES string of the molecule is CCCCCc1c(-c2ccc(C(F)(F)F)cc2)c(C(N)=O)c(C)n1CCc1cnc[nH]1. The number of aromatic amines is 1. The molecule has 0 saturated heterocycles. The van der Waals surface area contributed by atoms with Gasteiger partial charge >= 0.3 is 6.18 Å². The van der Waals surface area contributed by atoms with Gasteiger partial charge in [0.15, 0.2) is 0 Å². The quantitative estimate of drug-likeness (QED) is 0.451. The maximum atomic E-state index is 13.0. The monoisotopic (exact) mass is 432 g/mol. The fraction of sp³-hybridized carbons (Fsp3) is 0.391. The minimum absolute atomic E-state index is 0.371. The fourth-order valence-electron chi connectivity index (χ4n) is 3.99. The number of hydrogen-bond donors (Lipinski definition) is 2. The molecule has 0 unspecified atom stereocenters. The van der Waals surface area contributed by atoms with Crippen LogP contribution >= 0.6 is 0 Å². The number of benzene rings is 1. The van der Waals surface area contributed by atoms with E-state index in [2.05, 4.69) is 21.5 Å². The highest BCUT2D eigenvalue weighted by Crippen LogP contribution is 2.36. The Balaban J connectivity index is 2.10. The largest absolute Gasteiger partial charge is 0.416 e. The molecule has 31 heavy (non-hydrogen) atoms. The normalized spacial score (nSPS) is 11.8. The molecule has 3 rings (SSSR count). The zero-order valence-corrected chi connectivity index (χ0v) is 17.7. The molecule has 5 nitrogen and oxygen atoms in total. The van der Waals surface area contributed by atoms with E-state index >= 15 is 0 Å². The van der Waals surface area contributed by atoms with Crippen LogP contribution in [0, 0.1) is 6.92 Å². The van der Waals surface area contributed by atoms with E-state index in [0.717, 1.165) is 48.5 Å². The molecule has 3 N–H and O–H groups in total. The third kappa shape index (κ3) is 5.00. The predicted octanol–water partition coefficient (Wildman–Crippen LogP) is 5.28. The first kappa shape index (κ1) is 22.7. The van der Waals surface area contributed by atoms with Crippen molar-refractivity contribution in [3.05, 3.63) is 65.0 Å². The standard InChI is InChI=1S/C23H27F3N4O/c1-3-4-5-6-19-21(16-7-9-17(10-8-16)23(24,25)26)20(22(27)31)15(2)30(19)12-11-18-13-28-14-29-18/h7-10,13-14H,3-6,11-12H2,1-2H3,(H2,27,31)(H,28,29). The van der Waals surface area contributed by atoms with E-state index in [1.54, 1.807) is 12.5 Å². The van der Waals surface area contributed by atoms with E-state index in [-0.39, 0.29) is 0 Å². The van der Waals surface area contributed by atoms with Crippen molar-refractivity contribution in [2.45, 2.75) is 58.7 Å².